The molecule has 0 bridgehead atoms. The van der Waals surface area contributed by atoms with Crippen molar-refractivity contribution in [2.24, 2.45) is 5.73 Å². The molecular weight excluding hydrogens is 238 g/mol. The van der Waals surface area contributed by atoms with Crippen LogP contribution in [0.25, 0.3) is 5.95 Å². The molecule has 2 aromatic heterocycles. The zero-order chi connectivity index (χ0) is 11.0. The van der Waals surface area contributed by atoms with E-state index in [1.807, 2.05) is 6.20 Å². The molecule has 2 aromatic rings. The van der Waals surface area contributed by atoms with Gasteiger partial charge in [-0.3, -0.25) is 0 Å². The summed E-state index contributed by atoms with van der Waals surface area (Å²) in [4.78, 5) is 8.41. The van der Waals surface area contributed by atoms with E-state index in [1.165, 1.54) is 0 Å². The highest BCUT2D eigenvalue weighted by Gasteiger charge is 2.22. The van der Waals surface area contributed by atoms with Gasteiger partial charge in [-0.15, -0.1) is 12.4 Å². The molecule has 1 aliphatic carbocycles. The van der Waals surface area contributed by atoms with Crippen molar-refractivity contribution in [3.63, 3.8) is 0 Å². The van der Waals surface area contributed by atoms with Gasteiger partial charge in [0.05, 0.1) is 11.9 Å². The van der Waals surface area contributed by atoms with E-state index in [1.54, 1.807) is 23.1 Å². The summed E-state index contributed by atoms with van der Waals surface area (Å²) in [6.07, 6.45) is 8.43. The van der Waals surface area contributed by atoms with Crippen LogP contribution in [-0.4, -0.2) is 19.7 Å². The summed E-state index contributed by atoms with van der Waals surface area (Å²) in [6.45, 7) is 0. The van der Waals surface area contributed by atoms with Crippen molar-refractivity contribution in [2.75, 3.05) is 0 Å². The SMILES string of the molecule is Cl.NC1CCCc2c1cnn2-c1ncccn1. The Labute approximate surface area is 105 Å². The molecule has 1 unspecified atom stereocenters. The highest BCUT2D eigenvalue weighted by Crippen LogP contribution is 2.28. The Balaban J connectivity index is 0.00000108. The van der Waals surface area contributed by atoms with E-state index >= 15 is 0 Å². The minimum atomic E-state index is 0. The van der Waals surface area contributed by atoms with Gasteiger partial charge in [0.15, 0.2) is 0 Å². The van der Waals surface area contributed by atoms with E-state index in [9.17, 15) is 0 Å². The third kappa shape index (κ3) is 2.03. The highest BCUT2D eigenvalue weighted by molar-refractivity contribution is 5.85. The number of halogens is 1. The van der Waals surface area contributed by atoms with Gasteiger partial charge in [-0.05, 0) is 25.3 Å². The van der Waals surface area contributed by atoms with E-state index in [-0.39, 0.29) is 18.4 Å². The quantitative estimate of drug-likeness (QED) is 0.832. The summed E-state index contributed by atoms with van der Waals surface area (Å²) in [7, 11) is 0. The topological polar surface area (TPSA) is 69.6 Å². The Morgan fingerprint density at radius 3 is 2.82 bits per heavy atom. The van der Waals surface area contributed by atoms with Crippen LogP contribution < -0.4 is 5.73 Å². The molecule has 0 radical (unpaired) electrons. The third-order valence-electron chi connectivity index (χ3n) is 2.97. The Kier molecular flexibility index (Phi) is 3.40. The zero-order valence-electron chi connectivity index (χ0n) is 9.28. The largest absolute Gasteiger partial charge is 0.324 e. The van der Waals surface area contributed by atoms with Crippen LogP contribution in [0.5, 0.6) is 0 Å². The van der Waals surface area contributed by atoms with Crippen LogP contribution in [0.4, 0.5) is 0 Å². The highest BCUT2D eigenvalue weighted by atomic mass is 35.5. The van der Waals surface area contributed by atoms with Crippen LogP contribution in [0.1, 0.15) is 30.1 Å². The minimum Gasteiger partial charge on any atom is -0.324 e. The summed E-state index contributed by atoms with van der Waals surface area (Å²) in [5, 5.41) is 4.33. The Morgan fingerprint density at radius 1 is 1.29 bits per heavy atom. The maximum atomic E-state index is 6.04. The van der Waals surface area contributed by atoms with Crippen molar-refractivity contribution in [3.8, 4) is 5.95 Å². The van der Waals surface area contributed by atoms with Crippen molar-refractivity contribution < 1.29 is 0 Å². The Morgan fingerprint density at radius 2 is 2.06 bits per heavy atom. The van der Waals surface area contributed by atoms with Crippen LogP contribution in [-0.2, 0) is 6.42 Å². The van der Waals surface area contributed by atoms with Gasteiger partial charge in [0, 0.05) is 24.0 Å². The molecule has 0 amide bonds. The van der Waals surface area contributed by atoms with Crippen molar-refractivity contribution in [3.05, 3.63) is 35.9 Å². The summed E-state index contributed by atoms with van der Waals surface area (Å²) in [5.41, 5.74) is 8.34. The number of hydrogen-bond acceptors (Lipinski definition) is 4. The van der Waals surface area contributed by atoms with Gasteiger partial charge in [0.1, 0.15) is 0 Å². The second kappa shape index (κ2) is 4.81. The monoisotopic (exact) mass is 251 g/mol. The molecule has 17 heavy (non-hydrogen) atoms. The standard InChI is InChI=1S/C11H13N5.ClH/c12-9-3-1-4-10-8(9)7-15-16(10)11-13-5-2-6-14-11;/h2,5-7,9H,1,3-4,12H2;1H. The van der Waals surface area contributed by atoms with Crippen LogP contribution in [0.3, 0.4) is 0 Å². The number of nitrogens with zero attached hydrogens (tertiary/aromatic N) is 4. The summed E-state index contributed by atoms with van der Waals surface area (Å²) >= 11 is 0. The lowest BCUT2D eigenvalue weighted by molar-refractivity contribution is 0.555. The lowest BCUT2D eigenvalue weighted by Crippen LogP contribution is -2.18. The maximum Gasteiger partial charge on any atom is 0.250 e. The van der Waals surface area contributed by atoms with Gasteiger partial charge in [0.25, 0.3) is 5.95 Å². The van der Waals surface area contributed by atoms with E-state index in [0.717, 1.165) is 30.5 Å². The predicted molar refractivity (Wildman–Crippen MR) is 66.3 cm³/mol. The van der Waals surface area contributed by atoms with Gasteiger partial charge in [0.2, 0.25) is 0 Å². The van der Waals surface area contributed by atoms with Crippen molar-refractivity contribution >= 4 is 12.4 Å². The number of hydrogen-bond donors (Lipinski definition) is 1. The molecule has 90 valence electrons. The fourth-order valence-electron chi connectivity index (χ4n) is 2.16. The number of rotatable bonds is 1. The number of aromatic nitrogens is 4. The lowest BCUT2D eigenvalue weighted by atomic mass is 9.94. The van der Waals surface area contributed by atoms with E-state index in [0.29, 0.717) is 5.95 Å². The molecule has 5 nitrogen and oxygen atoms in total. The third-order valence-corrected chi connectivity index (χ3v) is 2.97. The average molecular weight is 252 g/mol. The van der Waals surface area contributed by atoms with Gasteiger partial charge in [-0.2, -0.15) is 5.10 Å². The second-order valence-corrected chi connectivity index (χ2v) is 4.01. The van der Waals surface area contributed by atoms with E-state index < -0.39 is 0 Å². The smallest absolute Gasteiger partial charge is 0.250 e. The molecule has 0 aromatic carbocycles. The van der Waals surface area contributed by atoms with Crippen LogP contribution in [0.15, 0.2) is 24.7 Å². The van der Waals surface area contributed by atoms with Crippen molar-refractivity contribution in [1.29, 1.82) is 0 Å². The summed E-state index contributed by atoms with van der Waals surface area (Å²) < 4.78 is 1.80. The fourth-order valence-corrected chi connectivity index (χ4v) is 2.16. The molecule has 0 saturated carbocycles. The molecule has 3 rings (SSSR count). The van der Waals surface area contributed by atoms with Crippen LogP contribution in [0, 0.1) is 0 Å². The first-order chi connectivity index (χ1) is 7.86. The molecule has 1 aliphatic rings. The molecule has 0 fully saturated rings. The van der Waals surface area contributed by atoms with Gasteiger partial charge in [-0.25, -0.2) is 14.6 Å². The van der Waals surface area contributed by atoms with Crippen molar-refractivity contribution in [2.45, 2.75) is 25.3 Å². The van der Waals surface area contributed by atoms with Crippen LogP contribution >= 0.6 is 12.4 Å². The first kappa shape index (κ1) is 12.0. The lowest BCUT2D eigenvalue weighted by Gasteiger charge is -2.18. The first-order valence-electron chi connectivity index (χ1n) is 5.46. The molecule has 0 saturated heterocycles. The van der Waals surface area contributed by atoms with Crippen molar-refractivity contribution in [1.82, 2.24) is 19.7 Å². The summed E-state index contributed by atoms with van der Waals surface area (Å²) in [5.74, 6) is 0.623. The average Bonchev–Trinajstić information content (AvgIpc) is 2.75. The molecule has 6 heteroatoms. The fraction of sp³-hybridized carbons (Fsp3) is 0.364. The van der Waals surface area contributed by atoms with Gasteiger partial charge >= 0.3 is 0 Å². The normalized spacial score (nSPS) is 18.3. The number of fused-ring (bicyclic) bond motifs is 1. The molecule has 1 atom stereocenters. The Bertz CT molecular complexity index is 496. The zero-order valence-corrected chi connectivity index (χ0v) is 10.1. The Hall–Kier alpha value is -1.46. The van der Waals surface area contributed by atoms with Gasteiger partial charge < -0.3 is 5.73 Å². The summed E-state index contributed by atoms with van der Waals surface area (Å²) in [6, 6.07) is 1.91. The maximum absolute atomic E-state index is 6.04. The molecular formula is C11H14ClN5. The van der Waals surface area contributed by atoms with E-state index in [2.05, 4.69) is 15.1 Å². The van der Waals surface area contributed by atoms with Gasteiger partial charge in [-0.1, -0.05) is 0 Å². The molecule has 0 spiro atoms. The number of nitrogens with two attached hydrogens (primary N) is 1. The molecule has 2 heterocycles. The second-order valence-electron chi connectivity index (χ2n) is 4.01. The molecule has 0 aliphatic heterocycles. The molecule has 2 N–H and O–H groups in total. The van der Waals surface area contributed by atoms with E-state index in [4.69, 9.17) is 5.73 Å². The minimum absolute atomic E-state index is 0. The first-order valence-corrected chi connectivity index (χ1v) is 5.46. The van der Waals surface area contributed by atoms with Crippen LogP contribution in [0.2, 0.25) is 0 Å². The predicted octanol–water partition coefficient (Wildman–Crippen LogP) is 1.42.